The predicted molar refractivity (Wildman–Crippen MR) is 72.6 cm³/mol. The zero-order valence-electron chi connectivity index (χ0n) is 10.1. The lowest BCUT2D eigenvalue weighted by molar-refractivity contribution is 0.0893. The SMILES string of the molecule is Cc1cccc(OC[C@@H](O)Cn2cc(Br)cn2)c1. The van der Waals surface area contributed by atoms with Gasteiger partial charge in [-0.05, 0) is 40.5 Å². The second-order valence-electron chi connectivity index (χ2n) is 4.16. The molecule has 0 aliphatic heterocycles. The fraction of sp³-hybridized carbons (Fsp3) is 0.308. The first kappa shape index (κ1) is 13.1. The summed E-state index contributed by atoms with van der Waals surface area (Å²) in [7, 11) is 0. The van der Waals surface area contributed by atoms with E-state index < -0.39 is 6.10 Å². The molecule has 0 saturated heterocycles. The third-order valence-corrected chi connectivity index (χ3v) is 2.84. The number of aryl methyl sites for hydroxylation is 1. The summed E-state index contributed by atoms with van der Waals surface area (Å²) >= 11 is 3.31. The fourth-order valence-corrected chi connectivity index (χ4v) is 1.93. The van der Waals surface area contributed by atoms with Crippen LogP contribution >= 0.6 is 15.9 Å². The first-order chi connectivity index (χ1) is 8.63. The molecule has 0 bridgehead atoms. The Kier molecular flexibility index (Phi) is 4.38. The quantitative estimate of drug-likeness (QED) is 0.922. The Morgan fingerprint density at radius 2 is 2.33 bits per heavy atom. The van der Waals surface area contributed by atoms with E-state index in [9.17, 15) is 5.11 Å². The molecule has 0 amide bonds. The fourth-order valence-electron chi connectivity index (χ4n) is 1.60. The highest BCUT2D eigenvalue weighted by molar-refractivity contribution is 9.10. The largest absolute Gasteiger partial charge is 0.491 e. The van der Waals surface area contributed by atoms with Gasteiger partial charge in [0.25, 0.3) is 0 Å². The minimum atomic E-state index is -0.586. The van der Waals surface area contributed by atoms with Crippen LogP contribution in [-0.2, 0) is 6.54 Å². The Labute approximate surface area is 114 Å². The molecule has 18 heavy (non-hydrogen) atoms. The Morgan fingerprint density at radius 3 is 3.00 bits per heavy atom. The van der Waals surface area contributed by atoms with Gasteiger partial charge in [0.15, 0.2) is 0 Å². The molecule has 1 N–H and O–H groups in total. The van der Waals surface area contributed by atoms with E-state index in [0.717, 1.165) is 15.8 Å². The summed E-state index contributed by atoms with van der Waals surface area (Å²) in [4.78, 5) is 0. The van der Waals surface area contributed by atoms with Gasteiger partial charge in [-0.15, -0.1) is 0 Å². The summed E-state index contributed by atoms with van der Waals surface area (Å²) in [5, 5.41) is 13.9. The van der Waals surface area contributed by atoms with Crippen LogP contribution in [0.4, 0.5) is 0 Å². The number of rotatable bonds is 5. The van der Waals surface area contributed by atoms with E-state index in [1.54, 1.807) is 10.9 Å². The van der Waals surface area contributed by atoms with Crippen molar-refractivity contribution in [2.75, 3.05) is 6.61 Å². The van der Waals surface area contributed by atoms with Crippen LogP contribution in [0.15, 0.2) is 41.1 Å². The lowest BCUT2D eigenvalue weighted by Crippen LogP contribution is -2.23. The third-order valence-electron chi connectivity index (χ3n) is 2.43. The summed E-state index contributed by atoms with van der Waals surface area (Å²) in [6, 6.07) is 7.76. The third kappa shape index (κ3) is 3.85. The van der Waals surface area contributed by atoms with Crippen LogP contribution in [0.3, 0.4) is 0 Å². The lowest BCUT2D eigenvalue weighted by atomic mass is 10.2. The molecule has 0 unspecified atom stereocenters. The summed E-state index contributed by atoms with van der Waals surface area (Å²) in [5.74, 6) is 0.774. The second kappa shape index (κ2) is 6.02. The molecule has 0 aliphatic carbocycles. The molecule has 5 heteroatoms. The molecule has 1 aromatic carbocycles. The van der Waals surface area contributed by atoms with E-state index in [-0.39, 0.29) is 6.61 Å². The standard InChI is InChI=1S/C13H15BrN2O2/c1-10-3-2-4-13(5-10)18-9-12(17)8-16-7-11(14)6-15-16/h2-7,12,17H,8-9H2,1H3/t12-/m0/s1. The molecule has 0 aliphatic rings. The molecule has 0 fully saturated rings. The number of aliphatic hydroxyl groups excluding tert-OH is 1. The molecule has 0 saturated carbocycles. The van der Waals surface area contributed by atoms with Gasteiger partial charge in [-0.2, -0.15) is 5.10 Å². The van der Waals surface area contributed by atoms with Gasteiger partial charge >= 0.3 is 0 Å². The molecule has 96 valence electrons. The second-order valence-corrected chi connectivity index (χ2v) is 5.08. The highest BCUT2D eigenvalue weighted by Crippen LogP contribution is 2.13. The first-order valence-corrected chi connectivity index (χ1v) is 6.48. The van der Waals surface area contributed by atoms with E-state index in [4.69, 9.17) is 4.74 Å². The molecular formula is C13H15BrN2O2. The number of aliphatic hydroxyl groups is 1. The number of aromatic nitrogens is 2. The number of benzene rings is 1. The molecule has 2 aromatic rings. The molecular weight excluding hydrogens is 296 g/mol. The molecule has 4 nitrogen and oxygen atoms in total. The Balaban J connectivity index is 1.83. The van der Waals surface area contributed by atoms with E-state index in [0.29, 0.717) is 6.54 Å². The summed E-state index contributed by atoms with van der Waals surface area (Å²) < 4.78 is 8.10. The highest BCUT2D eigenvalue weighted by atomic mass is 79.9. The summed E-state index contributed by atoms with van der Waals surface area (Å²) in [5.41, 5.74) is 1.14. The van der Waals surface area contributed by atoms with Crippen molar-refractivity contribution in [2.45, 2.75) is 19.6 Å². The number of hydrogen-bond acceptors (Lipinski definition) is 3. The highest BCUT2D eigenvalue weighted by Gasteiger charge is 2.07. The molecule has 1 atom stereocenters. The van der Waals surface area contributed by atoms with Crippen molar-refractivity contribution in [1.82, 2.24) is 9.78 Å². The molecule has 0 radical (unpaired) electrons. The van der Waals surface area contributed by atoms with Crippen LogP contribution < -0.4 is 4.74 Å². The minimum Gasteiger partial charge on any atom is -0.491 e. The van der Waals surface area contributed by atoms with E-state index >= 15 is 0 Å². The van der Waals surface area contributed by atoms with Crippen LogP contribution in [0.1, 0.15) is 5.56 Å². The number of hydrogen-bond donors (Lipinski definition) is 1. The van der Waals surface area contributed by atoms with Gasteiger partial charge in [0.05, 0.1) is 17.2 Å². The van der Waals surface area contributed by atoms with Crippen LogP contribution in [0.25, 0.3) is 0 Å². The van der Waals surface area contributed by atoms with Crippen LogP contribution in [0.2, 0.25) is 0 Å². The Hall–Kier alpha value is -1.33. The number of halogens is 1. The minimum absolute atomic E-state index is 0.251. The molecule has 1 aromatic heterocycles. The molecule has 2 rings (SSSR count). The van der Waals surface area contributed by atoms with Crippen molar-refractivity contribution in [2.24, 2.45) is 0 Å². The Bertz CT molecular complexity index is 513. The van der Waals surface area contributed by atoms with Gasteiger partial charge in [-0.25, -0.2) is 0 Å². The van der Waals surface area contributed by atoms with Crippen LogP contribution in [-0.4, -0.2) is 27.6 Å². The predicted octanol–water partition coefficient (Wildman–Crippen LogP) is 2.39. The van der Waals surface area contributed by atoms with Gasteiger partial charge in [-0.1, -0.05) is 12.1 Å². The van der Waals surface area contributed by atoms with Crippen molar-refractivity contribution in [3.63, 3.8) is 0 Å². The Morgan fingerprint density at radius 1 is 1.50 bits per heavy atom. The van der Waals surface area contributed by atoms with Gasteiger partial charge in [0, 0.05) is 6.20 Å². The van der Waals surface area contributed by atoms with Gasteiger partial charge in [0.1, 0.15) is 18.5 Å². The van der Waals surface area contributed by atoms with Crippen LogP contribution in [0.5, 0.6) is 5.75 Å². The number of ether oxygens (including phenoxy) is 1. The zero-order valence-corrected chi connectivity index (χ0v) is 11.7. The maximum absolute atomic E-state index is 9.84. The van der Waals surface area contributed by atoms with Gasteiger partial charge in [-0.3, -0.25) is 4.68 Å². The summed E-state index contributed by atoms with van der Waals surface area (Å²) in [6.45, 7) is 2.67. The van der Waals surface area contributed by atoms with E-state index in [2.05, 4.69) is 21.0 Å². The smallest absolute Gasteiger partial charge is 0.119 e. The summed E-state index contributed by atoms with van der Waals surface area (Å²) in [6.07, 6.45) is 2.92. The molecule has 1 heterocycles. The van der Waals surface area contributed by atoms with Gasteiger partial charge < -0.3 is 9.84 Å². The molecule has 0 spiro atoms. The van der Waals surface area contributed by atoms with E-state index in [1.807, 2.05) is 37.4 Å². The van der Waals surface area contributed by atoms with Crippen molar-refractivity contribution < 1.29 is 9.84 Å². The maximum atomic E-state index is 9.84. The van der Waals surface area contributed by atoms with Crippen molar-refractivity contribution >= 4 is 15.9 Å². The first-order valence-electron chi connectivity index (χ1n) is 5.69. The average Bonchev–Trinajstić information content (AvgIpc) is 2.72. The lowest BCUT2D eigenvalue weighted by Gasteiger charge is -2.12. The normalized spacial score (nSPS) is 12.4. The zero-order chi connectivity index (χ0) is 13.0. The van der Waals surface area contributed by atoms with Gasteiger partial charge in [0.2, 0.25) is 0 Å². The van der Waals surface area contributed by atoms with Crippen molar-refractivity contribution in [3.8, 4) is 5.75 Å². The number of nitrogens with zero attached hydrogens (tertiary/aromatic N) is 2. The maximum Gasteiger partial charge on any atom is 0.119 e. The van der Waals surface area contributed by atoms with Crippen molar-refractivity contribution in [3.05, 3.63) is 46.7 Å². The van der Waals surface area contributed by atoms with E-state index in [1.165, 1.54) is 0 Å². The monoisotopic (exact) mass is 310 g/mol. The topological polar surface area (TPSA) is 47.3 Å². The van der Waals surface area contributed by atoms with Crippen molar-refractivity contribution in [1.29, 1.82) is 0 Å². The van der Waals surface area contributed by atoms with Crippen LogP contribution in [0, 0.1) is 6.92 Å². The average molecular weight is 311 g/mol.